The van der Waals surface area contributed by atoms with Crippen LogP contribution in [0.25, 0.3) is 0 Å². The summed E-state index contributed by atoms with van der Waals surface area (Å²) in [5.41, 5.74) is 4.20. The predicted octanol–water partition coefficient (Wildman–Crippen LogP) is 6.44. The van der Waals surface area contributed by atoms with Gasteiger partial charge in [-0.25, -0.2) is 14.6 Å². The first kappa shape index (κ1) is 42.1. The second kappa shape index (κ2) is 19.7. The molecule has 300 valence electrons. The Hall–Kier alpha value is -5.03. The molecule has 0 saturated carbocycles. The topological polar surface area (TPSA) is 146 Å². The maximum absolute atomic E-state index is 14.2. The van der Waals surface area contributed by atoms with Crippen molar-refractivity contribution in [1.29, 1.82) is 0 Å². The molecule has 0 spiro atoms. The Bertz CT molecular complexity index is 1880. The van der Waals surface area contributed by atoms with Crippen LogP contribution in [0.5, 0.6) is 0 Å². The zero-order valence-electron chi connectivity index (χ0n) is 31.3. The summed E-state index contributed by atoms with van der Waals surface area (Å²) < 4.78 is 45.3. The van der Waals surface area contributed by atoms with E-state index in [2.05, 4.69) is 20.6 Å². The predicted molar refractivity (Wildman–Crippen MR) is 207 cm³/mol. The number of thiazole rings is 2. The van der Waals surface area contributed by atoms with Gasteiger partial charge in [0.25, 0.3) is 0 Å². The van der Waals surface area contributed by atoms with Crippen LogP contribution in [0.1, 0.15) is 65.7 Å². The first-order chi connectivity index (χ1) is 26.7. The lowest BCUT2D eigenvalue weighted by molar-refractivity contribution is -0.174. The van der Waals surface area contributed by atoms with Gasteiger partial charge in [0.15, 0.2) is 0 Å². The number of benzene rings is 2. The van der Waals surface area contributed by atoms with Crippen LogP contribution in [0.4, 0.5) is 22.8 Å². The summed E-state index contributed by atoms with van der Waals surface area (Å²) in [6.07, 6.45) is -2.62. The summed E-state index contributed by atoms with van der Waals surface area (Å²) in [5.74, 6) is -2.52. The van der Waals surface area contributed by atoms with Gasteiger partial charge >= 0.3 is 24.2 Å². The molecular weight excluding hydrogens is 768 g/mol. The number of aromatic nitrogens is 2. The average Bonchev–Trinajstić information content (AvgIpc) is 3.95. The van der Waals surface area contributed by atoms with Crippen molar-refractivity contribution in [3.05, 3.63) is 104 Å². The van der Waals surface area contributed by atoms with E-state index in [1.54, 1.807) is 11.7 Å². The molecule has 2 aromatic carbocycles. The molecule has 4 atom stereocenters. The van der Waals surface area contributed by atoms with E-state index in [1.165, 1.54) is 39.5 Å². The number of hydrogen-bond acceptors (Lipinski definition) is 9. The summed E-state index contributed by atoms with van der Waals surface area (Å²) in [6, 6.07) is 15.3. The number of amides is 5. The molecule has 1 saturated heterocycles. The quantitative estimate of drug-likeness (QED) is 0.118. The number of nitrogens with one attached hydrogen (secondary N) is 3. The molecule has 4 aromatic rings. The number of carbonyl (C=O) groups is 4. The van der Waals surface area contributed by atoms with Crippen molar-refractivity contribution in [2.75, 3.05) is 13.6 Å². The molecule has 56 heavy (non-hydrogen) atoms. The maximum atomic E-state index is 14.2. The van der Waals surface area contributed by atoms with E-state index in [9.17, 15) is 32.3 Å². The number of alkyl halides is 3. The van der Waals surface area contributed by atoms with Crippen molar-refractivity contribution in [3.63, 3.8) is 0 Å². The molecule has 12 nitrogen and oxygen atoms in total. The number of ether oxygens (including phenoxy) is 1. The molecule has 1 aliphatic heterocycles. The maximum Gasteiger partial charge on any atom is 0.471 e. The van der Waals surface area contributed by atoms with Gasteiger partial charge in [0.1, 0.15) is 12.6 Å². The van der Waals surface area contributed by atoms with Gasteiger partial charge in [0, 0.05) is 49.2 Å². The minimum Gasteiger partial charge on any atom is -0.444 e. The molecule has 3 N–H and O–H groups in total. The fourth-order valence-electron chi connectivity index (χ4n) is 6.46. The van der Waals surface area contributed by atoms with Crippen molar-refractivity contribution in [2.45, 2.75) is 95.4 Å². The zero-order chi connectivity index (χ0) is 40.2. The number of rotatable bonds is 16. The van der Waals surface area contributed by atoms with Crippen molar-refractivity contribution in [2.24, 2.45) is 0 Å². The molecule has 2 aromatic heterocycles. The number of nitrogens with zero attached hydrogens (tertiary/aromatic N) is 4. The molecule has 5 rings (SSSR count). The van der Waals surface area contributed by atoms with Crippen LogP contribution >= 0.6 is 22.7 Å². The minimum absolute atomic E-state index is 0.0697. The first-order valence-electron chi connectivity index (χ1n) is 18.3. The van der Waals surface area contributed by atoms with Gasteiger partial charge in [-0.15, -0.1) is 22.7 Å². The number of urea groups is 1. The fourth-order valence-corrected chi connectivity index (χ4v) is 7.80. The molecule has 1 fully saturated rings. The Morgan fingerprint density at radius 3 is 2.12 bits per heavy atom. The molecule has 0 radical (unpaired) electrons. The third-order valence-electron chi connectivity index (χ3n) is 9.24. The standard InChI is InChI=1S/C39H46F3N7O5S2/c1-25(2)35-45-31(23-55-35)20-48(3)38(53)49-21-30(46-36(51)39(40,41)42)18-33(49)34(50)44-28(16-26-10-6-4-7-11-26)14-15-29(17-27-12-8-5-9-13-27)47-37(52)54-22-32-19-43-24-56-32/h4-13,19,23-25,28-30,33H,14-18,20-22H2,1-3H3,(H,44,50)(H,46,51)(H,47,52)/t28-,29-,30+,33+/m1/s1. The molecule has 0 unspecified atom stereocenters. The van der Waals surface area contributed by atoms with Crippen LogP contribution in [-0.2, 0) is 40.3 Å². The van der Waals surface area contributed by atoms with Gasteiger partial charge in [-0.3, -0.25) is 14.6 Å². The molecular formula is C39H46F3N7O5S2. The Labute approximate surface area is 331 Å². The molecule has 1 aliphatic rings. The zero-order valence-corrected chi connectivity index (χ0v) is 33.0. The largest absolute Gasteiger partial charge is 0.471 e. The second-order valence-corrected chi connectivity index (χ2v) is 16.0. The Kier molecular flexibility index (Phi) is 14.8. The highest BCUT2D eigenvalue weighted by atomic mass is 32.1. The fraction of sp³-hybridized carbons (Fsp3) is 0.436. The van der Waals surface area contributed by atoms with Crippen LogP contribution in [0.15, 0.2) is 77.8 Å². The highest BCUT2D eigenvalue weighted by molar-refractivity contribution is 7.09. The van der Waals surface area contributed by atoms with Gasteiger partial charge in [-0.2, -0.15) is 13.2 Å². The van der Waals surface area contributed by atoms with Crippen LogP contribution in [0.3, 0.4) is 0 Å². The Balaban J connectivity index is 1.33. The van der Waals surface area contributed by atoms with Gasteiger partial charge in [-0.1, -0.05) is 74.5 Å². The van der Waals surface area contributed by atoms with E-state index < -0.39 is 48.2 Å². The Morgan fingerprint density at radius 2 is 1.57 bits per heavy atom. The molecule has 0 bridgehead atoms. The third kappa shape index (κ3) is 12.5. The number of alkyl carbamates (subject to hydrolysis) is 1. The van der Waals surface area contributed by atoms with Gasteiger partial charge in [0.05, 0.1) is 27.6 Å². The van der Waals surface area contributed by atoms with E-state index in [4.69, 9.17) is 4.74 Å². The van der Waals surface area contributed by atoms with Gasteiger partial charge in [0.2, 0.25) is 5.91 Å². The first-order valence-corrected chi connectivity index (χ1v) is 20.0. The smallest absolute Gasteiger partial charge is 0.444 e. The van der Waals surface area contributed by atoms with Gasteiger partial charge < -0.3 is 30.5 Å². The third-order valence-corrected chi connectivity index (χ3v) is 11.2. The summed E-state index contributed by atoms with van der Waals surface area (Å²) in [5, 5.41) is 10.7. The lowest BCUT2D eigenvalue weighted by atomic mass is 9.95. The van der Waals surface area contributed by atoms with Crippen molar-refractivity contribution >= 4 is 46.6 Å². The van der Waals surface area contributed by atoms with Crippen molar-refractivity contribution < 1.29 is 37.1 Å². The summed E-state index contributed by atoms with van der Waals surface area (Å²) >= 11 is 2.83. The number of likely N-dealkylation sites (tertiary alicyclic amines) is 1. The number of halogens is 3. The molecule has 0 aliphatic carbocycles. The average molecular weight is 814 g/mol. The second-order valence-electron chi connectivity index (χ2n) is 14.1. The monoisotopic (exact) mass is 813 g/mol. The lowest BCUT2D eigenvalue weighted by Gasteiger charge is -2.30. The molecule has 5 amide bonds. The van der Waals surface area contributed by atoms with Gasteiger partial charge in [-0.05, 0) is 43.2 Å². The van der Waals surface area contributed by atoms with E-state index in [-0.39, 0.29) is 38.1 Å². The van der Waals surface area contributed by atoms with Crippen LogP contribution in [0.2, 0.25) is 0 Å². The van der Waals surface area contributed by atoms with E-state index in [0.717, 1.165) is 21.0 Å². The summed E-state index contributed by atoms with van der Waals surface area (Å²) in [4.78, 5) is 64.9. The SMILES string of the molecule is CC(C)c1nc(CN(C)C(=O)N2C[C@@H](NC(=O)C(F)(F)F)C[C@H]2C(=O)N[C@H](CC[C@H](Cc2ccccc2)NC(=O)OCc2cncs2)Cc2ccccc2)cs1. The number of carbonyl (C=O) groups excluding carboxylic acids is 4. The molecule has 17 heteroatoms. The lowest BCUT2D eigenvalue weighted by Crippen LogP contribution is -2.52. The van der Waals surface area contributed by atoms with E-state index >= 15 is 0 Å². The molecule has 3 heterocycles. The Morgan fingerprint density at radius 1 is 0.946 bits per heavy atom. The number of hydrogen-bond donors (Lipinski definition) is 3. The van der Waals surface area contributed by atoms with Crippen molar-refractivity contribution in [1.82, 2.24) is 35.7 Å². The van der Waals surface area contributed by atoms with Crippen LogP contribution in [-0.4, -0.2) is 87.6 Å². The van der Waals surface area contributed by atoms with Crippen LogP contribution in [0, 0.1) is 0 Å². The van der Waals surface area contributed by atoms with Crippen LogP contribution < -0.4 is 16.0 Å². The highest BCUT2D eigenvalue weighted by Gasteiger charge is 2.45. The van der Waals surface area contributed by atoms with E-state index in [0.29, 0.717) is 31.4 Å². The summed E-state index contributed by atoms with van der Waals surface area (Å²) in [6.45, 7) is 3.90. The highest BCUT2D eigenvalue weighted by Crippen LogP contribution is 2.25. The normalized spacial score (nSPS) is 16.6. The van der Waals surface area contributed by atoms with E-state index in [1.807, 2.05) is 85.2 Å². The van der Waals surface area contributed by atoms with Crippen molar-refractivity contribution in [3.8, 4) is 0 Å². The summed E-state index contributed by atoms with van der Waals surface area (Å²) in [7, 11) is 1.54. The minimum atomic E-state index is -5.14.